The van der Waals surface area contributed by atoms with Gasteiger partial charge in [0.2, 0.25) is 5.91 Å². The third-order valence-electron chi connectivity index (χ3n) is 6.24. The summed E-state index contributed by atoms with van der Waals surface area (Å²) in [5, 5.41) is 16.6. The molecule has 3 aromatic rings. The number of amides is 4. The summed E-state index contributed by atoms with van der Waals surface area (Å²) in [5.41, 5.74) is 1.60. The van der Waals surface area contributed by atoms with E-state index in [2.05, 4.69) is 31.1 Å². The highest BCUT2D eigenvalue weighted by Crippen LogP contribution is 2.30. The average molecular weight is 460 g/mol. The Labute approximate surface area is 195 Å². The van der Waals surface area contributed by atoms with Gasteiger partial charge in [-0.1, -0.05) is 12.1 Å². The fraction of sp³-hybridized carbons (Fsp3) is 0.304. The monoisotopic (exact) mass is 460 g/mol. The van der Waals surface area contributed by atoms with E-state index in [9.17, 15) is 14.4 Å². The molecule has 2 aromatic carbocycles. The fourth-order valence-corrected chi connectivity index (χ4v) is 4.35. The van der Waals surface area contributed by atoms with E-state index in [-0.39, 0.29) is 6.54 Å². The minimum absolute atomic E-state index is 0.388. The molecule has 0 spiro atoms. The molecular weight excluding hydrogens is 436 g/mol. The lowest BCUT2D eigenvalue weighted by molar-refractivity contribution is -0.133. The summed E-state index contributed by atoms with van der Waals surface area (Å²) in [6.45, 7) is 3.30. The topological polar surface area (TPSA) is 125 Å². The number of carbonyl (C=O) groups excluding carboxylic acids is 3. The van der Waals surface area contributed by atoms with E-state index in [1.54, 1.807) is 31.2 Å². The van der Waals surface area contributed by atoms with Gasteiger partial charge in [-0.2, -0.15) is 0 Å². The summed E-state index contributed by atoms with van der Waals surface area (Å²) in [7, 11) is 0. The SMILES string of the molecule is C[C@@]1(c2cccc(-n3cnnn3)c2)NC(=O)N(CC(=O)Nc2ccc(N3CCCC3)cc2)C1=O. The Kier molecular flexibility index (Phi) is 5.44. The highest BCUT2D eigenvalue weighted by atomic mass is 16.2. The lowest BCUT2D eigenvalue weighted by atomic mass is 9.91. The summed E-state index contributed by atoms with van der Waals surface area (Å²) < 4.78 is 1.45. The number of carbonyl (C=O) groups is 3. The molecule has 0 saturated carbocycles. The number of aromatic nitrogens is 4. The molecule has 1 aromatic heterocycles. The number of nitrogens with one attached hydrogen (secondary N) is 2. The maximum absolute atomic E-state index is 13.2. The Bertz CT molecular complexity index is 1220. The van der Waals surface area contributed by atoms with Crippen LogP contribution >= 0.6 is 0 Å². The quantitative estimate of drug-likeness (QED) is 0.536. The molecule has 0 radical (unpaired) electrons. The number of imide groups is 1. The third-order valence-corrected chi connectivity index (χ3v) is 6.24. The maximum Gasteiger partial charge on any atom is 0.325 e. The van der Waals surface area contributed by atoms with Gasteiger partial charge in [0.25, 0.3) is 5.91 Å². The second kappa shape index (κ2) is 8.58. The number of hydrogen-bond donors (Lipinski definition) is 2. The Morgan fingerprint density at radius 1 is 1.09 bits per heavy atom. The first-order valence-electron chi connectivity index (χ1n) is 11.1. The van der Waals surface area contributed by atoms with Crippen LogP contribution in [0.5, 0.6) is 0 Å². The standard InChI is InChI=1S/C23H24N8O3/c1-23(16-5-4-6-19(13-16)31-15-24-27-28-31)21(33)30(22(34)26-23)14-20(32)25-17-7-9-18(10-8-17)29-11-2-3-12-29/h4-10,13,15H,2-3,11-12,14H2,1H3,(H,25,32)(H,26,34)/t23-/m0/s1. The first-order valence-corrected chi connectivity index (χ1v) is 11.1. The molecule has 3 heterocycles. The molecule has 0 aliphatic carbocycles. The van der Waals surface area contributed by atoms with Crippen LogP contribution in [0, 0.1) is 0 Å². The van der Waals surface area contributed by atoms with Crippen molar-refractivity contribution in [3.63, 3.8) is 0 Å². The molecule has 34 heavy (non-hydrogen) atoms. The number of benzene rings is 2. The van der Waals surface area contributed by atoms with E-state index in [0.29, 0.717) is 16.9 Å². The van der Waals surface area contributed by atoms with Crippen LogP contribution in [0.2, 0.25) is 0 Å². The van der Waals surface area contributed by atoms with Crippen LogP contribution in [-0.4, -0.2) is 62.6 Å². The van der Waals surface area contributed by atoms with Crippen molar-refractivity contribution in [2.45, 2.75) is 25.3 Å². The van der Waals surface area contributed by atoms with Gasteiger partial charge in [-0.3, -0.25) is 14.5 Å². The highest BCUT2D eigenvalue weighted by molar-refractivity contribution is 6.10. The predicted octanol–water partition coefficient (Wildman–Crippen LogP) is 1.67. The van der Waals surface area contributed by atoms with Gasteiger partial charge < -0.3 is 15.5 Å². The van der Waals surface area contributed by atoms with Crippen LogP contribution in [0.25, 0.3) is 5.69 Å². The van der Waals surface area contributed by atoms with Crippen LogP contribution in [0.3, 0.4) is 0 Å². The molecular formula is C23H24N8O3. The van der Waals surface area contributed by atoms with E-state index in [1.165, 1.54) is 23.9 Å². The summed E-state index contributed by atoms with van der Waals surface area (Å²) >= 11 is 0. The third kappa shape index (κ3) is 3.96. The van der Waals surface area contributed by atoms with Crippen molar-refractivity contribution in [3.05, 3.63) is 60.4 Å². The molecule has 2 N–H and O–H groups in total. The van der Waals surface area contributed by atoms with Gasteiger partial charge in [0, 0.05) is 24.5 Å². The zero-order valence-corrected chi connectivity index (χ0v) is 18.6. The summed E-state index contributed by atoms with van der Waals surface area (Å²) in [5.74, 6) is -0.963. The Hall–Kier alpha value is -4.28. The fourth-order valence-electron chi connectivity index (χ4n) is 4.35. The molecule has 2 aliphatic heterocycles. The predicted molar refractivity (Wildman–Crippen MR) is 123 cm³/mol. The van der Waals surface area contributed by atoms with Gasteiger partial charge in [-0.05, 0) is 72.2 Å². The molecule has 11 nitrogen and oxygen atoms in total. The molecule has 5 rings (SSSR count). The van der Waals surface area contributed by atoms with E-state index in [0.717, 1.165) is 23.7 Å². The number of hydrogen-bond acceptors (Lipinski definition) is 7. The van der Waals surface area contributed by atoms with Crippen molar-refractivity contribution in [1.82, 2.24) is 30.4 Å². The van der Waals surface area contributed by atoms with Crippen molar-refractivity contribution < 1.29 is 14.4 Å². The molecule has 1 atom stereocenters. The Balaban J connectivity index is 1.27. The number of rotatable bonds is 6. The minimum atomic E-state index is -1.32. The first-order chi connectivity index (χ1) is 16.4. The van der Waals surface area contributed by atoms with Crippen LogP contribution in [0.15, 0.2) is 54.9 Å². The molecule has 0 bridgehead atoms. The normalized spacial score (nSPS) is 20.0. The van der Waals surface area contributed by atoms with Crippen molar-refractivity contribution >= 4 is 29.2 Å². The minimum Gasteiger partial charge on any atom is -0.372 e. The summed E-state index contributed by atoms with van der Waals surface area (Å²) in [6, 6.07) is 13.9. The maximum atomic E-state index is 13.2. The van der Waals surface area contributed by atoms with Crippen molar-refractivity contribution in [2.75, 3.05) is 29.9 Å². The molecule has 2 aliphatic rings. The first kappa shape index (κ1) is 21.6. The number of anilines is 2. The lowest BCUT2D eigenvalue weighted by Gasteiger charge is -2.22. The van der Waals surface area contributed by atoms with Crippen LogP contribution in [-0.2, 0) is 15.1 Å². The second-order valence-electron chi connectivity index (χ2n) is 8.54. The smallest absolute Gasteiger partial charge is 0.325 e. The van der Waals surface area contributed by atoms with Crippen molar-refractivity contribution in [1.29, 1.82) is 0 Å². The van der Waals surface area contributed by atoms with Crippen LogP contribution < -0.4 is 15.5 Å². The van der Waals surface area contributed by atoms with E-state index < -0.39 is 23.4 Å². The zero-order valence-electron chi connectivity index (χ0n) is 18.6. The van der Waals surface area contributed by atoms with Crippen molar-refractivity contribution in [2.24, 2.45) is 0 Å². The molecule has 4 amide bonds. The Morgan fingerprint density at radius 2 is 1.85 bits per heavy atom. The van der Waals surface area contributed by atoms with Gasteiger partial charge in [0.15, 0.2) is 0 Å². The molecule has 174 valence electrons. The molecule has 11 heteroatoms. The lowest BCUT2D eigenvalue weighted by Crippen LogP contribution is -2.42. The van der Waals surface area contributed by atoms with Crippen molar-refractivity contribution in [3.8, 4) is 5.69 Å². The number of urea groups is 1. The number of nitrogens with zero attached hydrogens (tertiary/aromatic N) is 6. The highest BCUT2D eigenvalue weighted by Gasteiger charge is 2.49. The van der Waals surface area contributed by atoms with Gasteiger partial charge in [0.05, 0.1) is 5.69 Å². The molecule has 2 saturated heterocycles. The van der Waals surface area contributed by atoms with Gasteiger partial charge in [-0.25, -0.2) is 9.48 Å². The van der Waals surface area contributed by atoms with Gasteiger partial charge in [-0.15, -0.1) is 5.10 Å². The van der Waals surface area contributed by atoms with Gasteiger partial charge in [0.1, 0.15) is 18.4 Å². The Morgan fingerprint density at radius 3 is 2.56 bits per heavy atom. The van der Waals surface area contributed by atoms with E-state index in [1.807, 2.05) is 24.3 Å². The average Bonchev–Trinajstić information content (AvgIpc) is 3.60. The van der Waals surface area contributed by atoms with Crippen LogP contribution in [0.1, 0.15) is 25.3 Å². The summed E-state index contributed by atoms with van der Waals surface area (Å²) in [4.78, 5) is 41.7. The van der Waals surface area contributed by atoms with Gasteiger partial charge >= 0.3 is 6.03 Å². The van der Waals surface area contributed by atoms with Crippen LogP contribution in [0.4, 0.5) is 16.2 Å². The van der Waals surface area contributed by atoms with E-state index in [4.69, 9.17) is 0 Å². The number of tetrazole rings is 1. The second-order valence-corrected chi connectivity index (χ2v) is 8.54. The largest absolute Gasteiger partial charge is 0.372 e. The summed E-state index contributed by atoms with van der Waals surface area (Å²) in [6.07, 6.45) is 3.81. The molecule has 2 fully saturated rings. The zero-order chi connectivity index (χ0) is 23.7. The van der Waals surface area contributed by atoms with E-state index >= 15 is 0 Å². The molecule has 0 unspecified atom stereocenters.